The van der Waals surface area contributed by atoms with Gasteiger partial charge in [0.2, 0.25) is 0 Å². The van der Waals surface area contributed by atoms with Crippen LogP contribution in [0.5, 0.6) is 0 Å². The van der Waals surface area contributed by atoms with Crippen LogP contribution < -0.4 is 5.32 Å². The van der Waals surface area contributed by atoms with Crippen LogP contribution in [0.25, 0.3) is 0 Å². The molecule has 0 saturated heterocycles. The average Bonchev–Trinajstić information content (AvgIpc) is 2.87. The number of rotatable bonds is 7. The zero-order chi connectivity index (χ0) is 13.5. The average molecular weight is 283 g/mol. The first kappa shape index (κ1) is 14.5. The molecule has 1 aromatic rings. The highest BCUT2D eigenvalue weighted by molar-refractivity contribution is 7.10. The van der Waals surface area contributed by atoms with Gasteiger partial charge in [-0.25, -0.2) is 4.79 Å². The molecule has 0 spiro atoms. The minimum Gasteiger partial charge on any atom is -0.464 e. The zero-order valence-electron chi connectivity index (χ0n) is 11.3. The zero-order valence-corrected chi connectivity index (χ0v) is 12.1. The van der Waals surface area contributed by atoms with E-state index < -0.39 is 0 Å². The molecular weight excluding hydrogens is 262 g/mol. The fourth-order valence-corrected chi connectivity index (χ4v) is 3.35. The van der Waals surface area contributed by atoms with Gasteiger partial charge < -0.3 is 14.8 Å². The molecule has 1 unspecified atom stereocenters. The Kier molecular flexibility index (Phi) is 5.82. The van der Waals surface area contributed by atoms with Gasteiger partial charge >= 0.3 is 5.97 Å². The van der Waals surface area contributed by atoms with E-state index in [-0.39, 0.29) is 12.6 Å². The number of carbonyl (C=O) groups excluding carboxylic acids is 1. The maximum Gasteiger partial charge on any atom is 0.332 e. The number of carbonyl (C=O) groups is 1. The fraction of sp³-hybridized carbons (Fsp3) is 0.643. The van der Waals surface area contributed by atoms with Crippen LogP contribution in [-0.2, 0) is 20.7 Å². The lowest BCUT2D eigenvalue weighted by molar-refractivity contribution is -0.148. The highest BCUT2D eigenvalue weighted by atomic mass is 32.1. The van der Waals surface area contributed by atoms with Gasteiger partial charge in [0.15, 0.2) is 0 Å². The van der Waals surface area contributed by atoms with Crippen molar-refractivity contribution in [3.05, 3.63) is 21.9 Å². The topological polar surface area (TPSA) is 47.6 Å². The van der Waals surface area contributed by atoms with Gasteiger partial charge in [-0.15, -0.1) is 11.3 Å². The lowest BCUT2D eigenvalue weighted by Crippen LogP contribution is -2.28. The van der Waals surface area contributed by atoms with Gasteiger partial charge in [-0.2, -0.15) is 0 Å². The Morgan fingerprint density at radius 3 is 3.32 bits per heavy atom. The Bertz CT molecular complexity index is 405. The summed E-state index contributed by atoms with van der Waals surface area (Å²) in [7, 11) is 0. The quantitative estimate of drug-likeness (QED) is 0.616. The molecule has 0 fully saturated rings. The number of fused-ring (bicyclic) bond motifs is 1. The van der Waals surface area contributed by atoms with Crippen LogP contribution in [0, 0.1) is 0 Å². The van der Waals surface area contributed by atoms with E-state index in [0.29, 0.717) is 19.3 Å². The smallest absolute Gasteiger partial charge is 0.332 e. The Morgan fingerprint density at radius 1 is 1.58 bits per heavy atom. The van der Waals surface area contributed by atoms with Gasteiger partial charge in [-0.3, -0.25) is 0 Å². The molecule has 1 aromatic heterocycles. The number of hydrogen-bond donors (Lipinski definition) is 1. The Hall–Kier alpha value is -0.910. The maximum absolute atomic E-state index is 11.1. The molecule has 0 bridgehead atoms. The summed E-state index contributed by atoms with van der Waals surface area (Å²) in [5.74, 6) is -0.291. The second-order valence-electron chi connectivity index (χ2n) is 4.56. The van der Waals surface area contributed by atoms with Crippen LogP contribution in [-0.4, -0.2) is 32.3 Å². The number of esters is 1. The molecule has 0 aliphatic heterocycles. The predicted octanol–water partition coefficient (Wildman–Crippen LogP) is 2.29. The first-order valence-electron chi connectivity index (χ1n) is 6.84. The SMILES string of the molecule is CCOC(=O)COCCNC1CCCc2sccc21. The van der Waals surface area contributed by atoms with Crippen LogP contribution in [0.15, 0.2) is 11.4 Å². The molecule has 2 rings (SSSR count). The number of ether oxygens (including phenoxy) is 2. The fourth-order valence-electron chi connectivity index (χ4n) is 2.36. The molecule has 0 aromatic carbocycles. The minimum atomic E-state index is -0.291. The number of aryl methyl sites for hydroxylation is 1. The number of thiophene rings is 1. The van der Waals surface area contributed by atoms with Crippen molar-refractivity contribution in [1.82, 2.24) is 5.32 Å². The van der Waals surface area contributed by atoms with Crippen molar-refractivity contribution >= 4 is 17.3 Å². The summed E-state index contributed by atoms with van der Waals surface area (Å²) in [5, 5.41) is 5.67. The normalized spacial score (nSPS) is 18.1. The van der Waals surface area contributed by atoms with E-state index in [2.05, 4.69) is 16.8 Å². The molecule has 1 aliphatic rings. The molecule has 1 aliphatic carbocycles. The molecular formula is C14H21NO3S. The standard InChI is InChI=1S/C14H21NO3S/c1-2-18-14(16)10-17-8-7-15-12-4-3-5-13-11(12)6-9-19-13/h6,9,12,15H,2-5,7-8,10H2,1H3. The monoisotopic (exact) mass is 283 g/mol. The summed E-state index contributed by atoms with van der Waals surface area (Å²) in [4.78, 5) is 12.6. The molecule has 0 radical (unpaired) electrons. The van der Waals surface area contributed by atoms with Gasteiger partial charge in [-0.05, 0) is 43.2 Å². The van der Waals surface area contributed by atoms with Crippen molar-refractivity contribution in [1.29, 1.82) is 0 Å². The summed E-state index contributed by atoms with van der Waals surface area (Å²) in [5.41, 5.74) is 1.45. The lowest BCUT2D eigenvalue weighted by Gasteiger charge is -2.23. The summed E-state index contributed by atoms with van der Waals surface area (Å²) >= 11 is 1.85. The molecule has 0 saturated carbocycles. The van der Waals surface area contributed by atoms with Gasteiger partial charge in [0.05, 0.1) is 13.2 Å². The van der Waals surface area contributed by atoms with Gasteiger partial charge in [0.1, 0.15) is 6.61 Å². The van der Waals surface area contributed by atoms with Gasteiger partial charge in [0, 0.05) is 17.5 Å². The van der Waals surface area contributed by atoms with Crippen molar-refractivity contribution in [2.75, 3.05) is 26.4 Å². The summed E-state index contributed by atoms with van der Waals surface area (Å²) in [6.45, 7) is 3.54. The lowest BCUT2D eigenvalue weighted by atomic mass is 9.94. The number of hydrogen-bond acceptors (Lipinski definition) is 5. The van der Waals surface area contributed by atoms with E-state index in [1.165, 1.54) is 29.7 Å². The van der Waals surface area contributed by atoms with Crippen LogP contribution in [0.1, 0.15) is 36.2 Å². The molecule has 0 amide bonds. The van der Waals surface area contributed by atoms with Gasteiger partial charge in [0.25, 0.3) is 0 Å². The summed E-state index contributed by atoms with van der Waals surface area (Å²) in [6.07, 6.45) is 3.64. The van der Waals surface area contributed by atoms with E-state index in [0.717, 1.165) is 6.54 Å². The summed E-state index contributed by atoms with van der Waals surface area (Å²) in [6, 6.07) is 2.66. The van der Waals surface area contributed by atoms with Crippen molar-refractivity contribution in [2.24, 2.45) is 0 Å². The minimum absolute atomic E-state index is 0.0455. The third-order valence-corrected chi connectivity index (χ3v) is 4.21. The van der Waals surface area contributed by atoms with Crippen LogP contribution in [0.2, 0.25) is 0 Å². The Balaban J connectivity index is 1.63. The highest BCUT2D eigenvalue weighted by Gasteiger charge is 2.20. The molecule has 19 heavy (non-hydrogen) atoms. The van der Waals surface area contributed by atoms with E-state index in [1.54, 1.807) is 6.92 Å². The van der Waals surface area contributed by atoms with E-state index in [4.69, 9.17) is 9.47 Å². The molecule has 1 atom stereocenters. The highest BCUT2D eigenvalue weighted by Crippen LogP contribution is 2.32. The molecule has 1 N–H and O–H groups in total. The first-order valence-corrected chi connectivity index (χ1v) is 7.72. The third-order valence-electron chi connectivity index (χ3n) is 3.21. The largest absolute Gasteiger partial charge is 0.464 e. The van der Waals surface area contributed by atoms with Crippen molar-refractivity contribution in [3.63, 3.8) is 0 Å². The molecule has 106 valence electrons. The first-order chi connectivity index (χ1) is 9.31. The number of nitrogens with one attached hydrogen (secondary N) is 1. The second kappa shape index (κ2) is 7.62. The molecule has 5 heteroatoms. The van der Waals surface area contributed by atoms with Gasteiger partial charge in [-0.1, -0.05) is 0 Å². The van der Waals surface area contributed by atoms with Crippen LogP contribution >= 0.6 is 11.3 Å². The van der Waals surface area contributed by atoms with Crippen LogP contribution in [0.4, 0.5) is 0 Å². The maximum atomic E-state index is 11.1. The van der Waals surface area contributed by atoms with E-state index in [1.807, 2.05) is 11.3 Å². The molecule has 4 nitrogen and oxygen atoms in total. The van der Waals surface area contributed by atoms with Crippen molar-refractivity contribution in [3.8, 4) is 0 Å². The van der Waals surface area contributed by atoms with E-state index in [9.17, 15) is 4.79 Å². The van der Waals surface area contributed by atoms with Crippen LogP contribution in [0.3, 0.4) is 0 Å². The van der Waals surface area contributed by atoms with E-state index >= 15 is 0 Å². The summed E-state index contributed by atoms with van der Waals surface area (Å²) < 4.78 is 10.1. The molecule has 1 heterocycles. The Labute approximate surface area is 118 Å². The van der Waals surface area contributed by atoms with Crippen molar-refractivity contribution < 1.29 is 14.3 Å². The van der Waals surface area contributed by atoms with Crippen molar-refractivity contribution in [2.45, 2.75) is 32.2 Å². The second-order valence-corrected chi connectivity index (χ2v) is 5.56. The third kappa shape index (κ3) is 4.30. The Morgan fingerprint density at radius 2 is 2.47 bits per heavy atom. The predicted molar refractivity (Wildman–Crippen MR) is 75.5 cm³/mol.